The van der Waals surface area contributed by atoms with Crippen LogP contribution >= 0.6 is 0 Å². The van der Waals surface area contributed by atoms with Gasteiger partial charge in [0.25, 0.3) is 11.5 Å². The number of carbonyl (C=O) groups is 1. The van der Waals surface area contributed by atoms with Crippen LogP contribution in [0.5, 0.6) is 0 Å². The quantitative estimate of drug-likeness (QED) is 0.478. The van der Waals surface area contributed by atoms with Crippen molar-refractivity contribution < 1.29 is 9.32 Å². The van der Waals surface area contributed by atoms with Crippen LogP contribution in [0, 0.1) is 0 Å². The molecule has 0 saturated carbocycles. The first-order valence-electron chi connectivity index (χ1n) is 9.99. The molecule has 0 saturated heterocycles. The van der Waals surface area contributed by atoms with Crippen molar-refractivity contribution in [2.75, 3.05) is 6.54 Å². The van der Waals surface area contributed by atoms with Crippen molar-refractivity contribution in [2.45, 2.75) is 6.54 Å². The largest absolute Gasteiger partial charge is 0.355 e. The van der Waals surface area contributed by atoms with Gasteiger partial charge in [-0.15, -0.1) is 0 Å². The van der Waals surface area contributed by atoms with Crippen molar-refractivity contribution in [1.82, 2.24) is 19.6 Å². The molecule has 2 aromatic carbocycles. The van der Waals surface area contributed by atoms with Crippen molar-refractivity contribution in [1.29, 1.82) is 0 Å². The SMILES string of the molecule is Cn1ccc2ccn(CCNC(=O)c3ccc4noc(-c5ccccc5)c4c3)c(=O)c21. The Morgan fingerprint density at radius 3 is 2.71 bits per heavy atom. The van der Waals surface area contributed by atoms with E-state index in [0.29, 0.717) is 35.4 Å². The predicted molar refractivity (Wildman–Crippen MR) is 119 cm³/mol. The van der Waals surface area contributed by atoms with E-state index in [1.165, 1.54) is 0 Å². The second-order valence-corrected chi connectivity index (χ2v) is 7.41. The van der Waals surface area contributed by atoms with E-state index in [9.17, 15) is 9.59 Å². The molecule has 0 aliphatic heterocycles. The summed E-state index contributed by atoms with van der Waals surface area (Å²) in [4.78, 5) is 25.4. The van der Waals surface area contributed by atoms with Crippen LogP contribution in [-0.2, 0) is 13.6 Å². The molecule has 3 heterocycles. The fourth-order valence-corrected chi connectivity index (χ4v) is 3.78. The molecule has 1 amide bonds. The molecular weight excluding hydrogens is 392 g/mol. The van der Waals surface area contributed by atoms with Crippen LogP contribution < -0.4 is 10.9 Å². The van der Waals surface area contributed by atoms with Crippen molar-refractivity contribution in [3.63, 3.8) is 0 Å². The Hall–Kier alpha value is -4.13. The standard InChI is InChI=1S/C24H20N4O3/c1-27-12-9-16-10-13-28(24(30)21(16)27)14-11-25-23(29)18-7-8-20-19(15-18)22(31-26-20)17-5-3-2-4-6-17/h2-10,12-13,15H,11,14H2,1H3,(H,25,29). The highest BCUT2D eigenvalue weighted by molar-refractivity contribution is 6.00. The third-order valence-corrected chi connectivity index (χ3v) is 5.41. The van der Waals surface area contributed by atoms with E-state index < -0.39 is 0 Å². The highest BCUT2D eigenvalue weighted by Gasteiger charge is 2.14. The molecule has 3 aromatic heterocycles. The number of nitrogens with one attached hydrogen (secondary N) is 1. The van der Waals surface area contributed by atoms with Gasteiger partial charge in [-0.1, -0.05) is 35.5 Å². The van der Waals surface area contributed by atoms with Gasteiger partial charge < -0.3 is 19.0 Å². The van der Waals surface area contributed by atoms with E-state index in [1.807, 2.05) is 60.3 Å². The Morgan fingerprint density at radius 1 is 1.06 bits per heavy atom. The lowest BCUT2D eigenvalue weighted by Gasteiger charge is -2.09. The van der Waals surface area contributed by atoms with E-state index in [-0.39, 0.29) is 11.5 Å². The molecule has 1 N–H and O–H groups in total. The summed E-state index contributed by atoms with van der Waals surface area (Å²) in [7, 11) is 1.85. The minimum atomic E-state index is -0.213. The summed E-state index contributed by atoms with van der Waals surface area (Å²) in [5, 5.41) is 8.67. The van der Waals surface area contributed by atoms with Crippen LogP contribution in [0.3, 0.4) is 0 Å². The molecule has 0 radical (unpaired) electrons. The highest BCUT2D eigenvalue weighted by Crippen LogP contribution is 2.29. The molecule has 0 bridgehead atoms. The number of carbonyl (C=O) groups excluding carboxylic acids is 1. The summed E-state index contributed by atoms with van der Waals surface area (Å²) in [5.74, 6) is 0.419. The van der Waals surface area contributed by atoms with E-state index in [4.69, 9.17) is 4.52 Å². The number of amides is 1. The van der Waals surface area contributed by atoms with Crippen LogP contribution in [0.15, 0.2) is 82.4 Å². The number of hydrogen-bond acceptors (Lipinski definition) is 4. The van der Waals surface area contributed by atoms with Crippen molar-refractivity contribution in [3.8, 4) is 11.3 Å². The van der Waals surface area contributed by atoms with Crippen LogP contribution in [0.4, 0.5) is 0 Å². The third kappa shape index (κ3) is 3.40. The van der Waals surface area contributed by atoms with Gasteiger partial charge in [0.05, 0.1) is 5.39 Å². The lowest BCUT2D eigenvalue weighted by Crippen LogP contribution is -2.31. The molecule has 5 rings (SSSR count). The van der Waals surface area contributed by atoms with Gasteiger partial charge in [0.2, 0.25) is 0 Å². The van der Waals surface area contributed by atoms with Crippen LogP contribution in [0.2, 0.25) is 0 Å². The maximum absolute atomic E-state index is 12.7. The lowest BCUT2D eigenvalue weighted by atomic mass is 10.1. The van der Waals surface area contributed by atoms with Gasteiger partial charge in [0, 0.05) is 49.0 Å². The Kier molecular flexibility index (Phi) is 4.63. The van der Waals surface area contributed by atoms with E-state index >= 15 is 0 Å². The fourth-order valence-electron chi connectivity index (χ4n) is 3.78. The van der Waals surface area contributed by atoms with E-state index in [2.05, 4.69) is 10.5 Å². The average Bonchev–Trinajstić information content (AvgIpc) is 3.39. The van der Waals surface area contributed by atoms with Crippen LogP contribution in [0.25, 0.3) is 33.1 Å². The predicted octanol–water partition coefficient (Wildman–Crippen LogP) is 3.58. The van der Waals surface area contributed by atoms with Gasteiger partial charge in [-0.25, -0.2) is 0 Å². The summed E-state index contributed by atoms with van der Waals surface area (Å²) in [5.41, 5.74) is 2.69. The van der Waals surface area contributed by atoms with Crippen molar-refractivity contribution in [2.24, 2.45) is 7.05 Å². The molecule has 5 aromatic rings. The van der Waals surface area contributed by atoms with Crippen molar-refractivity contribution in [3.05, 3.63) is 89.0 Å². The molecule has 31 heavy (non-hydrogen) atoms. The zero-order valence-electron chi connectivity index (χ0n) is 16.9. The van der Waals surface area contributed by atoms with Crippen LogP contribution in [-0.4, -0.2) is 26.7 Å². The fraction of sp³-hybridized carbons (Fsp3) is 0.125. The molecule has 0 atom stereocenters. The summed E-state index contributed by atoms with van der Waals surface area (Å²) in [6.45, 7) is 0.721. The highest BCUT2D eigenvalue weighted by atomic mass is 16.5. The summed E-state index contributed by atoms with van der Waals surface area (Å²) in [6.07, 6.45) is 3.62. The molecule has 0 spiro atoms. The topological polar surface area (TPSA) is 82.1 Å². The average molecular weight is 412 g/mol. The molecule has 7 heteroatoms. The minimum absolute atomic E-state index is 0.0716. The van der Waals surface area contributed by atoms with Gasteiger partial charge in [-0.3, -0.25) is 9.59 Å². The first-order valence-corrected chi connectivity index (χ1v) is 9.99. The second-order valence-electron chi connectivity index (χ2n) is 7.41. The molecule has 0 unspecified atom stereocenters. The molecule has 7 nitrogen and oxygen atoms in total. The molecule has 0 aliphatic carbocycles. The number of aromatic nitrogens is 3. The van der Waals surface area contributed by atoms with Gasteiger partial charge in [0.15, 0.2) is 5.76 Å². The Balaban J connectivity index is 1.33. The molecule has 0 fully saturated rings. The Labute approximate surface area is 177 Å². The molecule has 0 aliphatic rings. The van der Waals surface area contributed by atoms with Crippen LogP contribution in [0.1, 0.15) is 10.4 Å². The number of benzene rings is 2. The molecule has 154 valence electrons. The number of hydrogen-bond donors (Lipinski definition) is 1. The van der Waals surface area contributed by atoms with E-state index in [1.54, 1.807) is 29.0 Å². The zero-order valence-corrected chi connectivity index (χ0v) is 16.9. The van der Waals surface area contributed by atoms with Crippen molar-refractivity contribution >= 4 is 27.7 Å². The molecular formula is C24H20N4O3. The smallest absolute Gasteiger partial charge is 0.275 e. The second kappa shape index (κ2) is 7.60. The van der Waals surface area contributed by atoms with Gasteiger partial charge in [-0.05, 0) is 30.3 Å². The number of aryl methyl sites for hydroxylation is 1. The Bertz CT molecular complexity index is 1460. The van der Waals surface area contributed by atoms with Gasteiger partial charge >= 0.3 is 0 Å². The number of rotatable bonds is 5. The maximum Gasteiger partial charge on any atom is 0.275 e. The third-order valence-electron chi connectivity index (χ3n) is 5.41. The first-order chi connectivity index (χ1) is 15.1. The summed E-state index contributed by atoms with van der Waals surface area (Å²) >= 11 is 0. The summed E-state index contributed by atoms with van der Waals surface area (Å²) in [6, 6.07) is 18.8. The maximum atomic E-state index is 12.7. The van der Waals surface area contributed by atoms with E-state index in [0.717, 1.165) is 16.3 Å². The normalized spacial score (nSPS) is 11.3. The van der Waals surface area contributed by atoms with Gasteiger partial charge in [-0.2, -0.15) is 0 Å². The Morgan fingerprint density at radius 2 is 1.87 bits per heavy atom. The number of pyridine rings is 1. The number of nitrogens with zero attached hydrogens (tertiary/aromatic N) is 3. The summed E-state index contributed by atoms with van der Waals surface area (Å²) < 4.78 is 8.93. The number of fused-ring (bicyclic) bond motifs is 2. The first kappa shape index (κ1) is 18.9. The van der Waals surface area contributed by atoms with Gasteiger partial charge in [0.1, 0.15) is 11.0 Å². The zero-order chi connectivity index (χ0) is 21.4. The monoisotopic (exact) mass is 412 g/mol. The minimum Gasteiger partial charge on any atom is -0.355 e. The lowest BCUT2D eigenvalue weighted by molar-refractivity contribution is 0.0952.